The highest BCUT2D eigenvalue weighted by Gasteiger charge is 2.69. The first-order valence-electron chi connectivity index (χ1n) is 8.66. The van der Waals surface area contributed by atoms with Crippen LogP contribution in [-0.4, -0.2) is 35.2 Å². The van der Waals surface area contributed by atoms with E-state index >= 15 is 0 Å². The molecule has 0 saturated carbocycles. The molecule has 3 aliphatic rings. The molecule has 0 aromatic heterocycles. The molecule has 4 atom stereocenters. The number of rotatable bonds is 3. The Morgan fingerprint density at radius 2 is 2.00 bits per heavy atom. The van der Waals surface area contributed by atoms with E-state index in [1.165, 1.54) is 4.90 Å². The van der Waals surface area contributed by atoms with E-state index < -0.39 is 17.4 Å². The Kier molecular flexibility index (Phi) is 3.67. The summed E-state index contributed by atoms with van der Waals surface area (Å²) in [5.74, 6) is -1.99. The molecule has 2 fully saturated rings. The number of halogens is 1. The lowest BCUT2D eigenvalue weighted by Gasteiger charge is -2.29. The molecule has 2 N–H and O–H groups in total. The van der Waals surface area contributed by atoms with Crippen LogP contribution in [0.3, 0.4) is 0 Å². The normalized spacial score (nSPS) is 33.2. The molecule has 1 aromatic carbocycles. The highest BCUT2D eigenvalue weighted by atomic mass is 35.5. The quantitative estimate of drug-likeness (QED) is 0.806. The number of fused-ring (bicyclic) bond motifs is 4. The van der Waals surface area contributed by atoms with Crippen LogP contribution >= 0.6 is 11.6 Å². The number of likely N-dealkylation sites (tertiary alicyclic amines) is 1. The van der Waals surface area contributed by atoms with Gasteiger partial charge in [0, 0.05) is 28.9 Å². The minimum absolute atomic E-state index is 0.177. The van der Waals surface area contributed by atoms with Crippen molar-refractivity contribution in [2.45, 2.75) is 38.3 Å². The third kappa shape index (κ3) is 2.04. The predicted octanol–water partition coefficient (Wildman–Crippen LogP) is 1.88. The van der Waals surface area contributed by atoms with Crippen LogP contribution in [0, 0.1) is 11.8 Å². The molecular weight excluding hydrogens is 342 g/mol. The van der Waals surface area contributed by atoms with E-state index in [0.717, 1.165) is 12.8 Å². The lowest BCUT2D eigenvalue weighted by molar-refractivity contribution is -0.142. The van der Waals surface area contributed by atoms with Gasteiger partial charge in [-0.15, -0.1) is 0 Å². The van der Waals surface area contributed by atoms with Crippen LogP contribution in [0.1, 0.15) is 32.3 Å². The van der Waals surface area contributed by atoms with Crippen molar-refractivity contribution in [2.75, 3.05) is 11.9 Å². The van der Waals surface area contributed by atoms with Gasteiger partial charge >= 0.3 is 0 Å². The molecule has 25 heavy (non-hydrogen) atoms. The van der Waals surface area contributed by atoms with Gasteiger partial charge in [-0.1, -0.05) is 24.9 Å². The fourth-order valence-corrected chi connectivity index (χ4v) is 4.70. The second kappa shape index (κ2) is 5.54. The summed E-state index contributed by atoms with van der Waals surface area (Å²) < 4.78 is 0. The van der Waals surface area contributed by atoms with Gasteiger partial charge < -0.3 is 5.32 Å². The van der Waals surface area contributed by atoms with Crippen LogP contribution in [0.4, 0.5) is 5.69 Å². The Morgan fingerprint density at radius 1 is 1.24 bits per heavy atom. The zero-order valence-corrected chi connectivity index (χ0v) is 14.9. The first-order chi connectivity index (χ1) is 11.9. The van der Waals surface area contributed by atoms with Crippen LogP contribution < -0.4 is 10.6 Å². The van der Waals surface area contributed by atoms with E-state index in [-0.39, 0.29) is 23.8 Å². The maximum Gasteiger partial charge on any atom is 0.250 e. The van der Waals surface area contributed by atoms with Gasteiger partial charge in [-0.2, -0.15) is 0 Å². The lowest BCUT2D eigenvalue weighted by Crippen LogP contribution is -2.53. The zero-order chi connectivity index (χ0) is 17.9. The number of hydrogen-bond acceptors (Lipinski definition) is 4. The summed E-state index contributed by atoms with van der Waals surface area (Å²) in [5.41, 5.74) is 0.0720. The van der Waals surface area contributed by atoms with Gasteiger partial charge in [0.1, 0.15) is 5.54 Å². The van der Waals surface area contributed by atoms with Crippen molar-refractivity contribution in [2.24, 2.45) is 11.8 Å². The standard InChI is InChI=1S/C18H20ClN3O3/c1-3-4-7-22-15(23)13-9(2)21-18(14(13)16(22)24)11-8-10(19)5-6-12(11)20-17(18)25/h5-6,8-9,13-14,21H,3-4,7H2,1-2H3,(H,20,25)/t9-,13-,14+,18-/m1/s1. The molecule has 3 aliphatic heterocycles. The van der Waals surface area contributed by atoms with Crippen molar-refractivity contribution in [3.63, 3.8) is 0 Å². The number of imide groups is 1. The summed E-state index contributed by atoms with van der Waals surface area (Å²) in [4.78, 5) is 40.2. The largest absolute Gasteiger partial charge is 0.324 e. The number of carbonyl (C=O) groups is 3. The van der Waals surface area contributed by atoms with Crippen LogP contribution in [-0.2, 0) is 19.9 Å². The first kappa shape index (κ1) is 16.5. The van der Waals surface area contributed by atoms with Gasteiger partial charge in [-0.3, -0.25) is 24.6 Å². The second-order valence-electron chi connectivity index (χ2n) is 7.07. The summed E-state index contributed by atoms with van der Waals surface area (Å²) >= 11 is 6.15. The van der Waals surface area contributed by atoms with Gasteiger partial charge in [0.25, 0.3) is 0 Å². The molecule has 7 heteroatoms. The molecule has 132 valence electrons. The molecular formula is C18H20ClN3O3. The minimum Gasteiger partial charge on any atom is -0.324 e. The number of benzene rings is 1. The number of hydrogen-bond donors (Lipinski definition) is 2. The Morgan fingerprint density at radius 3 is 2.72 bits per heavy atom. The molecule has 2 saturated heterocycles. The SMILES string of the molecule is CCCCN1C(=O)[C@H]2[C@@H](C1=O)[C@@]1(N[C@@H]2C)C(=O)Nc2ccc(Cl)cc21. The summed E-state index contributed by atoms with van der Waals surface area (Å²) in [6.45, 7) is 4.28. The summed E-state index contributed by atoms with van der Waals surface area (Å²) in [7, 11) is 0. The molecule has 0 unspecified atom stereocenters. The summed E-state index contributed by atoms with van der Waals surface area (Å²) in [5, 5.41) is 6.60. The maximum absolute atomic E-state index is 13.1. The topological polar surface area (TPSA) is 78.5 Å². The molecule has 0 aliphatic carbocycles. The number of nitrogens with one attached hydrogen (secondary N) is 2. The summed E-state index contributed by atoms with van der Waals surface area (Å²) in [6.07, 6.45) is 1.66. The van der Waals surface area contributed by atoms with E-state index in [2.05, 4.69) is 10.6 Å². The predicted molar refractivity (Wildman–Crippen MR) is 93.0 cm³/mol. The van der Waals surface area contributed by atoms with E-state index in [9.17, 15) is 14.4 Å². The van der Waals surface area contributed by atoms with Crippen LogP contribution in [0.5, 0.6) is 0 Å². The first-order valence-corrected chi connectivity index (χ1v) is 9.04. The Balaban J connectivity index is 1.83. The average molecular weight is 362 g/mol. The summed E-state index contributed by atoms with van der Waals surface area (Å²) in [6, 6.07) is 4.87. The molecule has 0 radical (unpaired) electrons. The van der Waals surface area contributed by atoms with Crippen molar-refractivity contribution in [3.05, 3.63) is 28.8 Å². The fraction of sp³-hybridized carbons (Fsp3) is 0.500. The molecule has 0 bridgehead atoms. The third-order valence-corrected chi connectivity index (χ3v) is 5.89. The van der Waals surface area contributed by atoms with Gasteiger partial charge in [-0.25, -0.2) is 0 Å². The van der Waals surface area contributed by atoms with Gasteiger partial charge in [-0.05, 0) is 31.5 Å². The minimum atomic E-state index is -1.22. The second-order valence-corrected chi connectivity index (χ2v) is 7.51. The smallest absolute Gasteiger partial charge is 0.250 e. The number of nitrogens with zero attached hydrogens (tertiary/aromatic N) is 1. The van der Waals surface area contributed by atoms with Gasteiger partial charge in [0.2, 0.25) is 17.7 Å². The molecule has 1 spiro atoms. The highest BCUT2D eigenvalue weighted by Crippen LogP contribution is 2.53. The molecule has 3 heterocycles. The van der Waals surface area contributed by atoms with Crippen molar-refractivity contribution < 1.29 is 14.4 Å². The van der Waals surface area contributed by atoms with E-state index in [1.807, 2.05) is 13.8 Å². The van der Waals surface area contributed by atoms with E-state index in [4.69, 9.17) is 11.6 Å². The fourth-order valence-electron chi connectivity index (χ4n) is 4.53. The van der Waals surface area contributed by atoms with Crippen molar-refractivity contribution in [1.29, 1.82) is 0 Å². The average Bonchev–Trinajstić information content (AvgIpc) is 3.12. The number of anilines is 1. The van der Waals surface area contributed by atoms with Crippen LogP contribution in [0.25, 0.3) is 0 Å². The highest BCUT2D eigenvalue weighted by molar-refractivity contribution is 6.31. The van der Waals surface area contributed by atoms with Crippen LogP contribution in [0.2, 0.25) is 5.02 Å². The third-order valence-electron chi connectivity index (χ3n) is 5.65. The van der Waals surface area contributed by atoms with Crippen molar-refractivity contribution in [3.8, 4) is 0 Å². The zero-order valence-electron chi connectivity index (χ0n) is 14.1. The lowest BCUT2D eigenvalue weighted by atomic mass is 9.76. The Hall–Kier alpha value is -1.92. The molecule has 6 nitrogen and oxygen atoms in total. The number of carbonyl (C=O) groups excluding carboxylic acids is 3. The molecule has 4 rings (SSSR count). The Labute approximate surface area is 150 Å². The van der Waals surface area contributed by atoms with Crippen molar-refractivity contribution >= 4 is 35.0 Å². The van der Waals surface area contributed by atoms with E-state index in [1.54, 1.807) is 18.2 Å². The maximum atomic E-state index is 13.1. The molecule has 3 amide bonds. The van der Waals surface area contributed by atoms with E-state index in [0.29, 0.717) is 22.8 Å². The molecule has 1 aromatic rings. The Bertz CT molecular complexity index is 796. The van der Waals surface area contributed by atoms with Gasteiger partial charge in [0.15, 0.2) is 0 Å². The number of unbranched alkanes of at least 4 members (excludes halogenated alkanes) is 1. The van der Waals surface area contributed by atoms with Crippen molar-refractivity contribution in [1.82, 2.24) is 10.2 Å². The monoisotopic (exact) mass is 361 g/mol. The van der Waals surface area contributed by atoms with Gasteiger partial charge in [0.05, 0.1) is 11.8 Å². The number of amides is 3. The van der Waals surface area contributed by atoms with Crippen LogP contribution in [0.15, 0.2) is 18.2 Å².